The standard InChI is InChI=1S/C21H27NO3/c1-15(2)11-20(21(23)24)22-13-17-7-9-19(10-8-17)25-14-18-6-4-5-16(3)12-18/h4-10,12,15,20,22H,11,13-14H2,1-3H3,(H,23,24). The molecule has 0 saturated carbocycles. The largest absolute Gasteiger partial charge is 0.489 e. The summed E-state index contributed by atoms with van der Waals surface area (Å²) >= 11 is 0. The van der Waals surface area contributed by atoms with Crippen molar-refractivity contribution < 1.29 is 14.6 Å². The Labute approximate surface area is 149 Å². The van der Waals surface area contributed by atoms with Crippen LogP contribution in [0, 0.1) is 12.8 Å². The van der Waals surface area contributed by atoms with E-state index in [2.05, 4.69) is 24.4 Å². The summed E-state index contributed by atoms with van der Waals surface area (Å²) in [6.07, 6.45) is 0.618. The van der Waals surface area contributed by atoms with E-state index in [1.54, 1.807) is 0 Å². The Kier molecular flexibility index (Phi) is 7.02. The number of hydrogen-bond acceptors (Lipinski definition) is 3. The van der Waals surface area contributed by atoms with Crippen molar-refractivity contribution in [1.29, 1.82) is 0 Å². The Bertz CT molecular complexity index is 680. The molecule has 25 heavy (non-hydrogen) atoms. The van der Waals surface area contributed by atoms with Crippen molar-refractivity contribution in [2.45, 2.75) is 46.4 Å². The molecule has 2 aromatic carbocycles. The highest BCUT2D eigenvalue weighted by atomic mass is 16.5. The molecule has 4 nitrogen and oxygen atoms in total. The van der Waals surface area contributed by atoms with E-state index < -0.39 is 12.0 Å². The number of rotatable bonds is 9. The molecule has 0 aliphatic heterocycles. The number of hydrogen-bond donors (Lipinski definition) is 2. The smallest absolute Gasteiger partial charge is 0.320 e. The van der Waals surface area contributed by atoms with Crippen LogP contribution in [0.15, 0.2) is 48.5 Å². The zero-order valence-corrected chi connectivity index (χ0v) is 15.2. The Hall–Kier alpha value is -2.33. The summed E-state index contributed by atoms with van der Waals surface area (Å²) in [6, 6.07) is 15.5. The van der Waals surface area contributed by atoms with Gasteiger partial charge in [-0.2, -0.15) is 0 Å². The second-order valence-electron chi connectivity index (χ2n) is 6.82. The van der Waals surface area contributed by atoms with Crippen molar-refractivity contribution >= 4 is 5.97 Å². The van der Waals surface area contributed by atoms with Crippen molar-refractivity contribution in [3.63, 3.8) is 0 Å². The van der Waals surface area contributed by atoms with E-state index in [1.807, 2.05) is 50.2 Å². The van der Waals surface area contributed by atoms with E-state index in [-0.39, 0.29) is 0 Å². The molecule has 0 fully saturated rings. The van der Waals surface area contributed by atoms with Gasteiger partial charge in [0.25, 0.3) is 0 Å². The predicted molar refractivity (Wildman–Crippen MR) is 99.7 cm³/mol. The van der Waals surface area contributed by atoms with Gasteiger partial charge in [0.2, 0.25) is 0 Å². The quantitative estimate of drug-likeness (QED) is 0.719. The lowest BCUT2D eigenvalue weighted by Gasteiger charge is -2.16. The summed E-state index contributed by atoms with van der Waals surface area (Å²) in [6.45, 7) is 7.18. The monoisotopic (exact) mass is 341 g/mol. The van der Waals surface area contributed by atoms with Gasteiger partial charge in [0.1, 0.15) is 18.4 Å². The van der Waals surface area contributed by atoms with Crippen LogP contribution in [0.3, 0.4) is 0 Å². The molecule has 2 rings (SSSR count). The average Bonchev–Trinajstić information content (AvgIpc) is 2.57. The molecule has 0 amide bonds. The Morgan fingerprint density at radius 2 is 1.84 bits per heavy atom. The van der Waals surface area contributed by atoms with Crippen LogP contribution in [-0.4, -0.2) is 17.1 Å². The van der Waals surface area contributed by atoms with Crippen molar-refractivity contribution in [2.75, 3.05) is 0 Å². The predicted octanol–water partition coefficient (Wildman–Crippen LogP) is 4.16. The normalized spacial score (nSPS) is 12.2. The van der Waals surface area contributed by atoms with E-state index in [4.69, 9.17) is 4.74 Å². The van der Waals surface area contributed by atoms with Gasteiger partial charge in [0, 0.05) is 6.54 Å². The van der Waals surface area contributed by atoms with E-state index in [9.17, 15) is 9.90 Å². The molecule has 1 unspecified atom stereocenters. The molecule has 0 spiro atoms. The number of carbonyl (C=O) groups is 1. The van der Waals surface area contributed by atoms with Crippen LogP contribution in [0.1, 0.15) is 37.0 Å². The van der Waals surface area contributed by atoms with E-state index in [0.29, 0.717) is 25.5 Å². The molecule has 0 heterocycles. The molecule has 2 N–H and O–H groups in total. The fourth-order valence-electron chi connectivity index (χ4n) is 2.66. The van der Waals surface area contributed by atoms with Crippen LogP contribution >= 0.6 is 0 Å². The van der Waals surface area contributed by atoms with Gasteiger partial charge in [0.15, 0.2) is 0 Å². The minimum atomic E-state index is -0.799. The summed E-state index contributed by atoms with van der Waals surface area (Å²) in [7, 11) is 0. The molecular weight excluding hydrogens is 314 g/mol. The maximum Gasteiger partial charge on any atom is 0.320 e. The Morgan fingerprint density at radius 1 is 1.12 bits per heavy atom. The van der Waals surface area contributed by atoms with Crippen LogP contribution in [-0.2, 0) is 17.9 Å². The lowest BCUT2D eigenvalue weighted by atomic mass is 10.0. The third-order valence-electron chi connectivity index (χ3n) is 3.97. The Balaban J connectivity index is 1.85. The van der Waals surface area contributed by atoms with Crippen LogP contribution in [0.4, 0.5) is 0 Å². The van der Waals surface area contributed by atoms with Gasteiger partial charge in [-0.1, -0.05) is 55.8 Å². The number of carboxylic acid groups (broad SMARTS) is 1. The molecule has 0 aliphatic carbocycles. The minimum absolute atomic E-state index is 0.339. The summed E-state index contributed by atoms with van der Waals surface area (Å²) in [5.41, 5.74) is 3.40. The van der Waals surface area contributed by atoms with Crippen molar-refractivity contribution in [3.05, 3.63) is 65.2 Å². The highest BCUT2D eigenvalue weighted by molar-refractivity contribution is 5.73. The molecule has 2 aromatic rings. The lowest BCUT2D eigenvalue weighted by molar-refractivity contribution is -0.140. The van der Waals surface area contributed by atoms with Gasteiger partial charge >= 0.3 is 5.97 Å². The number of benzene rings is 2. The van der Waals surface area contributed by atoms with Gasteiger partial charge in [-0.05, 0) is 42.5 Å². The zero-order chi connectivity index (χ0) is 18.2. The maximum atomic E-state index is 11.3. The van der Waals surface area contributed by atoms with Crippen LogP contribution in [0.5, 0.6) is 5.75 Å². The van der Waals surface area contributed by atoms with Crippen molar-refractivity contribution in [2.24, 2.45) is 5.92 Å². The van der Waals surface area contributed by atoms with E-state index in [0.717, 1.165) is 16.9 Å². The zero-order valence-electron chi connectivity index (χ0n) is 15.2. The highest BCUT2D eigenvalue weighted by Gasteiger charge is 2.17. The number of aryl methyl sites for hydroxylation is 1. The van der Waals surface area contributed by atoms with Crippen LogP contribution < -0.4 is 10.1 Å². The second-order valence-corrected chi connectivity index (χ2v) is 6.82. The third kappa shape index (κ3) is 6.59. The van der Waals surface area contributed by atoms with Gasteiger partial charge in [0.05, 0.1) is 0 Å². The molecule has 4 heteroatoms. The topological polar surface area (TPSA) is 58.6 Å². The summed E-state index contributed by atoms with van der Waals surface area (Å²) in [4.78, 5) is 11.3. The summed E-state index contributed by atoms with van der Waals surface area (Å²) < 4.78 is 5.80. The first kappa shape index (κ1) is 19.0. The molecule has 0 saturated heterocycles. The molecule has 0 radical (unpaired) electrons. The highest BCUT2D eigenvalue weighted by Crippen LogP contribution is 2.15. The SMILES string of the molecule is Cc1cccc(COc2ccc(CNC(CC(C)C)C(=O)O)cc2)c1. The Morgan fingerprint density at radius 3 is 2.44 bits per heavy atom. The molecule has 134 valence electrons. The number of aliphatic carboxylic acids is 1. The molecule has 0 aliphatic rings. The molecule has 1 atom stereocenters. The summed E-state index contributed by atoms with van der Waals surface area (Å²) in [5.74, 6) is 0.347. The van der Waals surface area contributed by atoms with Crippen LogP contribution in [0.25, 0.3) is 0 Å². The first-order valence-electron chi connectivity index (χ1n) is 8.67. The number of carboxylic acids is 1. The van der Waals surface area contributed by atoms with Gasteiger partial charge in [-0.25, -0.2) is 0 Å². The maximum absolute atomic E-state index is 11.3. The van der Waals surface area contributed by atoms with Crippen molar-refractivity contribution in [3.8, 4) is 5.75 Å². The third-order valence-corrected chi connectivity index (χ3v) is 3.97. The van der Waals surface area contributed by atoms with E-state index in [1.165, 1.54) is 5.56 Å². The fourth-order valence-corrected chi connectivity index (χ4v) is 2.66. The lowest BCUT2D eigenvalue weighted by Crippen LogP contribution is -2.37. The fraction of sp³-hybridized carbons (Fsp3) is 0.381. The first-order chi connectivity index (χ1) is 11.9. The summed E-state index contributed by atoms with van der Waals surface area (Å²) in [5, 5.41) is 12.4. The number of nitrogens with one attached hydrogen (secondary N) is 1. The van der Waals surface area contributed by atoms with Crippen molar-refractivity contribution in [1.82, 2.24) is 5.32 Å². The van der Waals surface area contributed by atoms with Gasteiger partial charge in [-0.15, -0.1) is 0 Å². The minimum Gasteiger partial charge on any atom is -0.489 e. The molecular formula is C21H27NO3. The number of ether oxygens (including phenoxy) is 1. The first-order valence-corrected chi connectivity index (χ1v) is 8.67. The van der Waals surface area contributed by atoms with Gasteiger partial charge in [-0.3, -0.25) is 4.79 Å². The van der Waals surface area contributed by atoms with E-state index >= 15 is 0 Å². The molecule has 0 aromatic heterocycles. The van der Waals surface area contributed by atoms with Gasteiger partial charge < -0.3 is 15.2 Å². The van der Waals surface area contributed by atoms with Crippen LogP contribution in [0.2, 0.25) is 0 Å². The molecule has 0 bridgehead atoms. The second kappa shape index (κ2) is 9.23. The average molecular weight is 341 g/mol.